The molecule has 0 amide bonds. The first-order valence-corrected chi connectivity index (χ1v) is 5.58. The Morgan fingerprint density at radius 1 is 1.24 bits per heavy atom. The number of carbonyl (C=O) groups is 1. The Hall–Kier alpha value is -1.45. The van der Waals surface area contributed by atoms with Crippen LogP contribution in [0.2, 0.25) is 5.02 Å². The molecule has 0 aliphatic heterocycles. The van der Waals surface area contributed by atoms with Gasteiger partial charge in [0.15, 0.2) is 5.76 Å². The summed E-state index contributed by atoms with van der Waals surface area (Å²) in [5.74, 6) is 1.17. The van der Waals surface area contributed by atoms with Gasteiger partial charge in [-0.3, -0.25) is 4.79 Å². The lowest BCUT2D eigenvalue weighted by molar-refractivity contribution is 0.105. The van der Waals surface area contributed by atoms with Crippen LogP contribution in [0.1, 0.15) is 16.3 Å². The summed E-state index contributed by atoms with van der Waals surface area (Å²) in [6.45, 7) is 0.188. The summed E-state index contributed by atoms with van der Waals surface area (Å²) < 4.78 is 10.6. The van der Waals surface area contributed by atoms with E-state index >= 15 is 0 Å². The van der Waals surface area contributed by atoms with E-state index in [0.29, 0.717) is 16.5 Å². The highest BCUT2D eigenvalue weighted by Crippen LogP contribution is 2.24. The predicted molar refractivity (Wildman–Crippen MR) is 64.7 cm³/mol. The fourth-order valence-corrected chi connectivity index (χ4v) is 1.56. The van der Waals surface area contributed by atoms with Crippen LogP contribution < -0.4 is 4.74 Å². The lowest BCUT2D eigenvalue weighted by Gasteiger charge is -2.05. The summed E-state index contributed by atoms with van der Waals surface area (Å²) in [5, 5.41) is -0.110. The minimum atomic E-state index is -0.631. The summed E-state index contributed by atoms with van der Waals surface area (Å²) >= 11 is 11.2. The first-order chi connectivity index (χ1) is 8.16. The molecule has 0 unspecified atom stereocenters. The van der Waals surface area contributed by atoms with E-state index < -0.39 is 5.24 Å². The van der Waals surface area contributed by atoms with Gasteiger partial charge < -0.3 is 9.15 Å². The molecule has 0 N–H and O–H groups in total. The molecule has 0 saturated carbocycles. The molecule has 0 saturated heterocycles. The molecule has 1 aromatic carbocycles. The van der Waals surface area contributed by atoms with Crippen LogP contribution in [-0.2, 0) is 6.61 Å². The molecule has 0 spiro atoms. The Kier molecular flexibility index (Phi) is 3.71. The average molecular weight is 271 g/mol. The van der Waals surface area contributed by atoms with Gasteiger partial charge in [0.25, 0.3) is 5.24 Å². The van der Waals surface area contributed by atoms with Crippen LogP contribution in [0.15, 0.2) is 40.8 Å². The van der Waals surface area contributed by atoms with E-state index in [1.807, 2.05) is 12.1 Å². The van der Waals surface area contributed by atoms with E-state index in [2.05, 4.69) is 0 Å². The fourth-order valence-electron chi connectivity index (χ4n) is 1.27. The first-order valence-electron chi connectivity index (χ1n) is 4.82. The second-order valence-corrected chi connectivity index (χ2v) is 4.01. The number of furan rings is 1. The monoisotopic (exact) mass is 270 g/mol. The molecule has 88 valence electrons. The van der Waals surface area contributed by atoms with Gasteiger partial charge >= 0.3 is 0 Å². The van der Waals surface area contributed by atoms with E-state index in [0.717, 1.165) is 0 Å². The van der Waals surface area contributed by atoms with Crippen molar-refractivity contribution in [2.45, 2.75) is 6.61 Å². The predicted octanol–water partition coefficient (Wildman–Crippen LogP) is 3.89. The second kappa shape index (κ2) is 5.25. The summed E-state index contributed by atoms with van der Waals surface area (Å²) in [7, 11) is 0. The van der Waals surface area contributed by atoms with Gasteiger partial charge in [0.05, 0.1) is 5.02 Å². The molecule has 0 aliphatic carbocycles. The molecule has 3 nitrogen and oxygen atoms in total. The minimum absolute atomic E-state index is 0.101. The average Bonchev–Trinajstić information content (AvgIpc) is 2.77. The lowest BCUT2D eigenvalue weighted by Crippen LogP contribution is -1.94. The highest BCUT2D eigenvalue weighted by molar-refractivity contribution is 6.67. The largest absolute Gasteiger partial charge is 0.484 e. The Balaban J connectivity index is 2.02. The molecule has 17 heavy (non-hydrogen) atoms. The molecule has 2 aromatic rings. The van der Waals surface area contributed by atoms with E-state index in [4.69, 9.17) is 32.4 Å². The fraction of sp³-hybridized carbons (Fsp3) is 0.0833. The Bertz CT molecular complexity index is 534. The SMILES string of the molecule is O=C(Cl)c1ccc(COc2ccccc2Cl)o1. The molecule has 0 fully saturated rings. The van der Waals surface area contributed by atoms with E-state index in [9.17, 15) is 4.79 Å². The molecule has 1 aromatic heterocycles. The number of para-hydroxylation sites is 1. The first kappa shape index (κ1) is 12.0. The lowest BCUT2D eigenvalue weighted by atomic mass is 10.3. The molecule has 0 bridgehead atoms. The van der Waals surface area contributed by atoms with Gasteiger partial charge in [-0.1, -0.05) is 23.7 Å². The molecule has 0 atom stereocenters. The van der Waals surface area contributed by atoms with Crippen molar-refractivity contribution in [1.82, 2.24) is 0 Å². The van der Waals surface area contributed by atoms with Gasteiger partial charge in [-0.05, 0) is 35.9 Å². The van der Waals surface area contributed by atoms with Gasteiger partial charge in [-0.15, -0.1) is 0 Å². The van der Waals surface area contributed by atoms with Gasteiger partial charge in [0.2, 0.25) is 0 Å². The Labute approximate surface area is 108 Å². The maximum atomic E-state index is 10.8. The van der Waals surface area contributed by atoms with Gasteiger partial charge in [0, 0.05) is 0 Å². The van der Waals surface area contributed by atoms with Crippen molar-refractivity contribution in [1.29, 1.82) is 0 Å². The van der Waals surface area contributed by atoms with Crippen LogP contribution in [0.4, 0.5) is 0 Å². The van der Waals surface area contributed by atoms with Gasteiger partial charge in [-0.2, -0.15) is 0 Å². The number of hydrogen-bond donors (Lipinski definition) is 0. The molecule has 5 heteroatoms. The maximum absolute atomic E-state index is 10.8. The molecule has 1 heterocycles. The number of benzene rings is 1. The molecular formula is C12H8Cl2O3. The highest BCUT2D eigenvalue weighted by atomic mass is 35.5. The summed E-state index contributed by atoms with van der Waals surface area (Å²) in [5.41, 5.74) is 0. The second-order valence-electron chi connectivity index (χ2n) is 3.26. The van der Waals surface area contributed by atoms with Crippen molar-refractivity contribution in [2.24, 2.45) is 0 Å². The van der Waals surface area contributed by atoms with Crippen molar-refractivity contribution >= 4 is 28.4 Å². The third-order valence-electron chi connectivity index (χ3n) is 2.06. The van der Waals surface area contributed by atoms with E-state index in [1.165, 1.54) is 6.07 Å². The van der Waals surface area contributed by atoms with Crippen LogP contribution in [-0.4, -0.2) is 5.24 Å². The zero-order valence-corrected chi connectivity index (χ0v) is 10.2. The van der Waals surface area contributed by atoms with Gasteiger partial charge in [-0.25, -0.2) is 0 Å². The number of rotatable bonds is 4. The van der Waals surface area contributed by atoms with Crippen LogP contribution >= 0.6 is 23.2 Å². The van der Waals surface area contributed by atoms with Crippen LogP contribution in [0, 0.1) is 0 Å². The van der Waals surface area contributed by atoms with Crippen molar-refractivity contribution in [3.05, 3.63) is 52.9 Å². The van der Waals surface area contributed by atoms with Crippen molar-refractivity contribution < 1.29 is 13.9 Å². The number of halogens is 2. The van der Waals surface area contributed by atoms with Crippen molar-refractivity contribution in [3.8, 4) is 5.75 Å². The van der Waals surface area contributed by atoms with Crippen LogP contribution in [0.3, 0.4) is 0 Å². The molecule has 0 aliphatic rings. The van der Waals surface area contributed by atoms with Crippen molar-refractivity contribution in [2.75, 3.05) is 0 Å². The Morgan fingerprint density at radius 2 is 2.00 bits per heavy atom. The molecular weight excluding hydrogens is 263 g/mol. The van der Waals surface area contributed by atoms with E-state index in [-0.39, 0.29) is 12.4 Å². The van der Waals surface area contributed by atoms with Crippen LogP contribution in [0.5, 0.6) is 5.75 Å². The molecule has 0 radical (unpaired) electrons. The van der Waals surface area contributed by atoms with E-state index in [1.54, 1.807) is 18.2 Å². The zero-order chi connectivity index (χ0) is 12.3. The Morgan fingerprint density at radius 3 is 2.65 bits per heavy atom. The topological polar surface area (TPSA) is 39.4 Å². The maximum Gasteiger partial charge on any atom is 0.287 e. The summed E-state index contributed by atoms with van der Waals surface area (Å²) in [4.78, 5) is 10.8. The van der Waals surface area contributed by atoms with Crippen molar-refractivity contribution in [3.63, 3.8) is 0 Å². The number of carbonyl (C=O) groups excluding carboxylic acids is 1. The quantitative estimate of drug-likeness (QED) is 0.792. The normalized spacial score (nSPS) is 10.2. The highest BCUT2D eigenvalue weighted by Gasteiger charge is 2.09. The smallest absolute Gasteiger partial charge is 0.287 e. The third-order valence-corrected chi connectivity index (χ3v) is 2.56. The number of ether oxygens (including phenoxy) is 1. The summed E-state index contributed by atoms with van der Waals surface area (Å²) in [6, 6.07) is 10.2. The number of hydrogen-bond acceptors (Lipinski definition) is 3. The van der Waals surface area contributed by atoms with Gasteiger partial charge in [0.1, 0.15) is 18.1 Å². The minimum Gasteiger partial charge on any atom is -0.484 e. The third kappa shape index (κ3) is 3.02. The molecule has 2 rings (SSSR count). The van der Waals surface area contributed by atoms with Crippen LogP contribution in [0.25, 0.3) is 0 Å². The standard InChI is InChI=1S/C12H8Cl2O3/c13-9-3-1-2-4-10(9)16-7-8-5-6-11(17-8)12(14)15/h1-6H,7H2. The summed E-state index contributed by atoms with van der Waals surface area (Å²) in [6.07, 6.45) is 0. The zero-order valence-electron chi connectivity index (χ0n) is 8.65.